The number of ether oxygens (including phenoxy) is 1. The van der Waals surface area contributed by atoms with Gasteiger partial charge in [-0.3, -0.25) is 0 Å². The van der Waals surface area contributed by atoms with Gasteiger partial charge in [-0.05, 0) is 37.1 Å². The van der Waals surface area contributed by atoms with Crippen molar-refractivity contribution < 1.29 is 9.84 Å². The smallest absolute Gasteiger partial charge is 0.222 e. The van der Waals surface area contributed by atoms with E-state index in [1.165, 1.54) is 6.20 Å². The van der Waals surface area contributed by atoms with E-state index in [9.17, 15) is 5.11 Å². The molecule has 6 nitrogen and oxygen atoms in total. The molecule has 0 spiro atoms. The number of aromatic nitrogens is 2. The lowest BCUT2D eigenvalue weighted by molar-refractivity contribution is 0.116. The van der Waals surface area contributed by atoms with Crippen molar-refractivity contribution in [2.24, 2.45) is 0 Å². The lowest BCUT2D eigenvalue weighted by Gasteiger charge is -2.29. The van der Waals surface area contributed by atoms with Crippen LogP contribution in [0.1, 0.15) is 25.7 Å². The number of rotatable bonds is 4. The highest BCUT2D eigenvalue weighted by atomic mass is 35.5. The quantitative estimate of drug-likeness (QED) is 0.760. The molecule has 1 fully saturated rings. The first-order valence-electron chi connectivity index (χ1n) is 7.62. The first-order chi connectivity index (χ1) is 11.1. The van der Waals surface area contributed by atoms with Crippen LogP contribution in [-0.2, 0) is 0 Å². The first-order valence-corrected chi connectivity index (χ1v) is 8.00. The van der Waals surface area contributed by atoms with E-state index < -0.39 is 6.10 Å². The van der Waals surface area contributed by atoms with Gasteiger partial charge in [-0.25, -0.2) is 4.98 Å². The van der Waals surface area contributed by atoms with Crippen LogP contribution < -0.4 is 15.8 Å². The maximum Gasteiger partial charge on any atom is 0.222 e. The maximum absolute atomic E-state index is 10.1. The number of hydrogen-bond acceptors (Lipinski definition) is 6. The van der Waals surface area contributed by atoms with Crippen LogP contribution in [0.3, 0.4) is 0 Å². The third-order valence-electron chi connectivity index (χ3n) is 3.87. The summed E-state index contributed by atoms with van der Waals surface area (Å²) in [5.74, 6) is 1.72. The number of aliphatic hydroxyl groups is 1. The number of nitrogens with two attached hydrogens (primary N) is 1. The zero-order valence-corrected chi connectivity index (χ0v) is 14.6. The van der Waals surface area contributed by atoms with E-state index in [0.29, 0.717) is 22.3 Å². The fraction of sp³-hybridized carbons (Fsp3) is 0.375. The average Bonchev–Trinajstić information content (AvgIpc) is 2.54. The van der Waals surface area contributed by atoms with Crippen LogP contribution in [0.15, 0.2) is 30.5 Å². The minimum absolute atomic E-state index is 0. The van der Waals surface area contributed by atoms with Crippen molar-refractivity contribution in [1.29, 1.82) is 0 Å². The van der Waals surface area contributed by atoms with E-state index in [1.54, 1.807) is 24.3 Å². The Morgan fingerprint density at radius 1 is 1.21 bits per heavy atom. The number of anilines is 2. The minimum atomic E-state index is -0.400. The van der Waals surface area contributed by atoms with Crippen molar-refractivity contribution >= 4 is 35.8 Å². The molecule has 1 saturated carbocycles. The van der Waals surface area contributed by atoms with E-state index in [1.807, 2.05) is 0 Å². The highest BCUT2D eigenvalue weighted by Crippen LogP contribution is 2.31. The lowest BCUT2D eigenvalue weighted by Crippen LogP contribution is -2.36. The zero-order valence-electron chi connectivity index (χ0n) is 13.0. The molecule has 0 aliphatic heterocycles. The molecule has 3 rings (SSSR count). The van der Waals surface area contributed by atoms with Gasteiger partial charge in [-0.2, -0.15) is 4.98 Å². The van der Waals surface area contributed by atoms with E-state index in [-0.39, 0.29) is 24.4 Å². The Morgan fingerprint density at radius 2 is 1.92 bits per heavy atom. The second-order valence-electron chi connectivity index (χ2n) is 5.60. The maximum atomic E-state index is 10.1. The number of benzene rings is 1. The van der Waals surface area contributed by atoms with Gasteiger partial charge in [0.1, 0.15) is 5.75 Å². The number of hydrogen-bond donors (Lipinski definition) is 3. The Balaban J connectivity index is 0.00000208. The number of nitrogen functional groups attached to an aromatic ring is 1. The summed E-state index contributed by atoms with van der Waals surface area (Å²) >= 11 is 5.87. The van der Waals surface area contributed by atoms with Crippen LogP contribution in [0.4, 0.5) is 11.8 Å². The fourth-order valence-electron chi connectivity index (χ4n) is 2.65. The largest absolute Gasteiger partial charge is 0.452 e. The van der Waals surface area contributed by atoms with Crippen molar-refractivity contribution in [1.82, 2.24) is 9.97 Å². The summed E-state index contributed by atoms with van der Waals surface area (Å²) in [6.45, 7) is 0. The third-order valence-corrected chi connectivity index (χ3v) is 4.12. The van der Waals surface area contributed by atoms with E-state index in [2.05, 4.69) is 15.3 Å². The molecule has 8 heteroatoms. The number of halogens is 2. The molecule has 0 saturated heterocycles. The van der Waals surface area contributed by atoms with Crippen molar-refractivity contribution in [3.05, 3.63) is 35.5 Å². The van der Waals surface area contributed by atoms with Crippen LogP contribution in [0.25, 0.3) is 0 Å². The Morgan fingerprint density at radius 3 is 2.62 bits per heavy atom. The summed E-state index contributed by atoms with van der Waals surface area (Å²) in [7, 11) is 0. The molecule has 0 bridgehead atoms. The van der Waals surface area contributed by atoms with Gasteiger partial charge in [0.25, 0.3) is 0 Å². The molecule has 1 aromatic carbocycles. The molecule has 24 heavy (non-hydrogen) atoms. The summed E-state index contributed by atoms with van der Waals surface area (Å²) in [4.78, 5) is 8.19. The van der Waals surface area contributed by atoms with Gasteiger partial charge in [0.15, 0.2) is 11.6 Å². The number of nitrogens with zero attached hydrogens (tertiary/aromatic N) is 2. The predicted octanol–water partition coefficient (Wildman–Crippen LogP) is 3.64. The summed E-state index contributed by atoms with van der Waals surface area (Å²) in [6, 6.07) is 6.95. The van der Waals surface area contributed by atoms with Crippen molar-refractivity contribution in [2.45, 2.75) is 37.8 Å². The Kier molecular flexibility index (Phi) is 6.48. The topological polar surface area (TPSA) is 93.3 Å². The van der Waals surface area contributed by atoms with Gasteiger partial charge < -0.3 is 20.9 Å². The molecule has 1 heterocycles. The van der Waals surface area contributed by atoms with Crippen LogP contribution >= 0.6 is 24.0 Å². The summed E-state index contributed by atoms with van der Waals surface area (Å²) < 4.78 is 5.81. The Bertz CT molecular complexity index is 670. The van der Waals surface area contributed by atoms with E-state index >= 15 is 0 Å². The number of aliphatic hydroxyl groups excluding tert-OH is 1. The highest BCUT2D eigenvalue weighted by molar-refractivity contribution is 6.30. The number of nitrogens with one attached hydrogen (secondary N) is 1. The second kappa shape index (κ2) is 8.37. The third kappa shape index (κ3) is 4.63. The monoisotopic (exact) mass is 370 g/mol. The summed E-state index contributed by atoms with van der Waals surface area (Å²) in [6.07, 6.45) is 4.90. The van der Waals surface area contributed by atoms with Crippen LogP contribution in [0.5, 0.6) is 11.5 Å². The van der Waals surface area contributed by atoms with Gasteiger partial charge in [-0.1, -0.05) is 24.4 Å². The Labute approximate surface area is 151 Å². The Hall–Kier alpha value is -1.76. The molecule has 0 radical (unpaired) electrons. The van der Waals surface area contributed by atoms with Crippen LogP contribution in [0, 0.1) is 0 Å². The molecule has 1 aromatic heterocycles. The average molecular weight is 371 g/mol. The van der Waals surface area contributed by atoms with Crippen LogP contribution in [-0.4, -0.2) is 27.2 Å². The van der Waals surface area contributed by atoms with Crippen molar-refractivity contribution in [3.8, 4) is 11.5 Å². The van der Waals surface area contributed by atoms with Gasteiger partial charge >= 0.3 is 0 Å². The molecule has 2 atom stereocenters. The lowest BCUT2D eigenvalue weighted by atomic mass is 9.92. The molecule has 2 aromatic rings. The molecular formula is C16H20Cl2N4O2. The van der Waals surface area contributed by atoms with Crippen molar-refractivity contribution in [2.75, 3.05) is 11.1 Å². The molecule has 0 amide bonds. The van der Waals surface area contributed by atoms with Crippen molar-refractivity contribution in [3.63, 3.8) is 0 Å². The predicted molar refractivity (Wildman–Crippen MR) is 97.1 cm³/mol. The fourth-order valence-corrected chi connectivity index (χ4v) is 2.77. The minimum Gasteiger partial charge on any atom is -0.452 e. The normalized spacial score (nSPS) is 20.1. The van der Waals surface area contributed by atoms with Gasteiger partial charge in [0.2, 0.25) is 5.95 Å². The van der Waals surface area contributed by atoms with Gasteiger partial charge in [0, 0.05) is 5.02 Å². The molecule has 1 aliphatic carbocycles. The van der Waals surface area contributed by atoms with Gasteiger partial charge in [0.05, 0.1) is 18.3 Å². The highest BCUT2D eigenvalue weighted by Gasteiger charge is 2.24. The molecule has 2 unspecified atom stereocenters. The summed E-state index contributed by atoms with van der Waals surface area (Å²) in [5, 5.41) is 14.0. The molecule has 130 valence electrons. The molecule has 4 N–H and O–H groups in total. The SMILES string of the molecule is Cl.Nc1ncc(Oc2ccc(Cl)cc2)c(NC2CCCCC2O)n1. The summed E-state index contributed by atoms with van der Waals surface area (Å²) in [5.41, 5.74) is 5.68. The first kappa shape index (κ1) is 18.6. The van der Waals surface area contributed by atoms with E-state index in [4.69, 9.17) is 22.1 Å². The second-order valence-corrected chi connectivity index (χ2v) is 6.04. The molecule has 1 aliphatic rings. The van der Waals surface area contributed by atoms with E-state index in [0.717, 1.165) is 25.7 Å². The zero-order chi connectivity index (χ0) is 16.2. The standard InChI is InChI=1S/C16H19ClN4O2.ClH/c17-10-5-7-11(8-6-10)23-14-9-19-16(18)21-15(14)20-12-3-1-2-4-13(12)22;/h5-9,12-13,22H,1-4H2,(H3,18,19,20,21);1H. The molecular weight excluding hydrogens is 351 g/mol. The van der Waals surface area contributed by atoms with Gasteiger partial charge in [-0.15, -0.1) is 12.4 Å². The van der Waals surface area contributed by atoms with Crippen LogP contribution in [0.2, 0.25) is 5.02 Å².